The Labute approximate surface area is 185 Å². The van der Waals surface area contributed by atoms with Crippen LogP contribution in [0.2, 0.25) is 0 Å². The summed E-state index contributed by atoms with van der Waals surface area (Å²) in [6, 6.07) is 22.1. The zero-order chi connectivity index (χ0) is 19.9. The van der Waals surface area contributed by atoms with E-state index in [9.17, 15) is 0 Å². The second-order valence-corrected chi connectivity index (χ2v) is 17.3. The fourth-order valence-electron chi connectivity index (χ4n) is 3.43. The summed E-state index contributed by atoms with van der Waals surface area (Å²) in [4.78, 5) is 0. The van der Waals surface area contributed by atoms with Gasteiger partial charge in [-0.2, -0.15) is 0 Å². The van der Waals surface area contributed by atoms with Gasteiger partial charge in [0.25, 0.3) is 0 Å². The van der Waals surface area contributed by atoms with E-state index in [4.69, 9.17) is 0 Å². The maximum atomic E-state index is 3.75. The van der Waals surface area contributed by atoms with Gasteiger partial charge < -0.3 is 0 Å². The first-order valence-corrected chi connectivity index (χ1v) is 16.7. The second kappa shape index (κ2) is 14.7. The van der Waals surface area contributed by atoms with Gasteiger partial charge in [0.05, 0.1) is 0 Å². The van der Waals surface area contributed by atoms with Gasteiger partial charge in [-0.1, -0.05) is 0 Å². The Kier molecular flexibility index (Phi) is 12.6. The first kappa shape index (κ1) is 24.0. The van der Waals surface area contributed by atoms with Crippen molar-refractivity contribution >= 4 is 32.4 Å². The van der Waals surface area contributed by atoms with E-state index < -0.39 is 5.51 Å². The van der Waals surface area contributed by atoms with Gasteiger partial charge in [0.1, 0.15) is 0 Å². The van der Waals surface area contributed by atoms with Crippen LogP contribution in [0, 0.1) is 0 Å². The standard InChI is InChI=1S/C25H37PSSe/c1-2-3-4-5-12-22-27-23-21-26(28,19-17-24-13-8-6-9-14-24)20-18-25-15-10-7-11-16-25/h6-11,13-16H,2-5,12,17-23H2,1H3. The number of aryl methyl sites for hydroxylation is 2. The average Bonchev–Trinajstić information content (AvgIpc) is 2.74. The summed E-state index contributed by atoms with van der Waals surface area (Å²) in [5.41, 5.74) is 1.97. The Hall–Kier alpha value is -0.261. The van der Waals surface area contributed by atoms with Crippen LogP contribution in [-0.2, 0) is 12.8 Å². The van der Waals surface area contributed by atoms with Crippen LogP contribution >= 0.6 is 17.3 Å². The van der Waals surface area contributed by atoms with E-state index in [-0.39, 0.29) is 0 Å². The summed E-state index contributed by atoms with van der Waals surface area (Å²) in [6.45, 7) is 2.29. The summed E-state index contributed by atoms with van der Waals surface area (Å²) < 4.78 is 0. The van der Waals surface area contributed by atoms with Gasteiger partial charge in [0, 0.05) is 0 Å². The molecule has 3 heteroatoms. The molecule has 0 bridgehead atoms. The summed E-state index contributed by atoms with van der Waals surface area (Å²) in [7, 11) is 0. The van der Waals surface area contributed by atoms with Gasteiger partial charge in [0.2, 0.25) is 0 Å². The molecule has 154 valence electrons. The third kappa shape index (κ3) is 10.5. The van der Waals surface area contributed by atoms with Gasteiger partial charge in [-0.3, -0.25) is 0 Å². The number of unbranched alkanes of at least 4 members (excludes halogenated alkanes) is 4. The first-order chi connectivity index (χ1) is 13.7. The Bertz CT molecular complexity index is 624. The van der Waals surface area contributed by atoms with Crippen LogP contribution in [0.5, 0.6) is 0 Å². The minimum atomic E-state index is -1.01. The van der Waals surface area contributed by atoms with Gasteiger partial charge >= 0.3 is 186 Å². The topological polar surface area (TPSA) is 0 Å². The molecule has 0 amide bonds. The summed E-state index contributed by atoms with van der Waals surface area (Å²) in [5, 5.41) is 0. The van der Waals surface area contributed by atoms with Gasteiger partial charge in [-0.25, -0.2) is 0 Å². The van der Waals surface area contributed by atoms with Crippen molar-refractivity contribution in [3.63, 3.8) is 0 Å². The predicted molar refractivity (Wildman–Crippen MR) is 134 cm³/mol. The first-order valence-electron chi connectivity index (χ1n) is 10.9. The molecule has 0 aliphatic heterocycles. The molecular weight excluding hydrogens is 442 g/mol. The van der Waals surface area contributed by atoms with E-state index >= 15 is 0 Å². The molecular formula is C25H37PSSe. The summed E-state index contributed by atoms with van der Waals surface area (Å²) >= 11 is 5.94. The van der Waals surface area contributed by atoms with Crippen LogP contribution in [0.1, 0.15) is 50.2 Å². The van der Waals surface area contributed by atoms with Crippen molar-refractivity contribution in [2.24, 2.45) is 0 Å². The van der Waals surface area contributed by atoms with Crippen LogP contribution in [0.4, 0.5) is 0 Å². The van der Waals surface area contributed by atoms with Crippen molar-refractivity contribution in [3.8, 4) is 0 Å². The molecule has 2 aromatic rings. The zero-order valence-corrected chi connectivity index (χ0v) is 20.9. The molecule has 0 spiro atoms. The third-order valence-electron chi connectivity index (χ3n) is 5.34. The molecule has 2 rings (SSSR count). The molecule has 0 aromatic heterocycles. The Morgan fingerprint density at radius 1 is 0.679 bits per heavy atom. The average molecular weight is 480 g/mol. The molecule has 0 saturated carbocycles. The van der Waals surface area contributed by atoms with E-state index in [0.717, 1.165) is 0 Å². The molecule has 0 fully saturated rings. The fraction of sp³-hybridized carbons (Fsp3) is 0.520. The molecule has 0 aliphatic carbocycles. The van der Waals surface area contributed by atoms with Crippen molar-refractivity contribution in [3.05, 3.63) is 71.8 Å². The van der Waals surface area contributed by atoms with E-state index in [0.29, 0.717) is 0 Å². The quantitative estimate of drug-likeness (QED) is 0.147. The predicted octanol–water partition coefficient (Wildman–Crippen LogP) is 7.28. The van der Waals surface area contributed by atoms with E-state index in [1.165, 1.54) is 86.1 Å². The second-order valence-electron chi connectivity index (χ2n) is 7.73. The zero-order valence-electron chi connectivity index (χ0n) is 17.5. The SMILES string of the molecule is CCCCCCCSCCP(=[Se])(CCc1ccccc1)CCc1ccccc1. The molecule has 0 saturated heterocycles. The van der Waals surface area contributed by atoms with Crippen LogP contribution < -0.4 is 0 Å². The Balaban J connectivity index is 1.80. The van der Waals surface area contributed by atoms with E-state index in [1.54, 1.807) is 0 Å². The molecule has 2 aromatic carbocycles. The van der Waals surface area contributed by atoms with Crippen molar-refractivity contribution < 1.29 is 0 Å². The molecule has 0 aliphatic rings. The van der Waals surface area contributed by atoms with Crippen molar-refractivity contribution in [1.29, 1.82) is 0 Å². The maximum absolute atomic E-state index is 3.75. The van der Waals surface area contributed by atoms with E-state index in [2.05, 4.69) is 94.4 Å². The fourth-order valence-corrected chi connectivity index (χ4v) is 10.4. The molecule has 28 heavy (non-hydrogen) atoms. The Morgan fingerprint density at radius 2 is 1.21 bits per heavy atom. The van der Waals surface area contributed by atoms with E-state index in [1.807, 2.05) is 0 Å². The van der Waals surface area contributed by atoms with Crippen molar-refractivity contribution in [2.75, 3.05) is 30.0 Å². The summed E-state index contributed by atoms with van der Waals surface area (Å²) in [5.74, 6) is 2.68. The molecule has 0 radical (unpaired) electrons. The monoisotopic (exact) mass is 480 g/mol. The Morgan fingerprint density at radius 3 is 1.75 bits per heavy atom. The third-order valence-corrected chi connectivity index (χ3v) is 13.3. The van der Waals surface area contributed by atoms with Crippen LogP contribution in [0.25, 0.3) is 0 Å². The van der Waals surface area contributed by atoms with Crippen LogP contribution in [0.15, 0.2) is 60.7 Å². The van der Waals surface area contributed by atoms with Crippen molar-refractivity contribution in [2.45, 2.75) is 51.9 Å². The van der Waals surface area contributed by atoms with Crippen LogP contribution in [-0.4, -0.2) is 45.1 Å². The molecule has 0 heterocycles. The van der Waals surface area contributed by atoms with Gasteiger partial charge in [-0.15, -0.1) is 0 Å². The van der Waals surface area contributed by atoms with Gasteiger partial charge in [-0.05, 0) is 0 Å². The summed E-state index contributed by atoms with van der Waals surface area (Å²) in [6.07, 6.45) is 13.5. The molecule has 0 N–H and O–H groups in total. The molecule has 0 nitrogen and oxygen atoms in total. The minimum absolute atomic E-state index is 1.01. The number of thioether (sulfide) groups is 1. The number of hydrogen-bond donors (Lipinski definition) is 0. The van der Waals surface area contributed by atoms with Gasteiger partial charge in [0.15, 0.2) is 0 Å². The normalized spacial score (nSPS) is 11.6. The molecule has 0 unspecified atom stereocenters. The van der Waals surface area contributed by atoms with Crippen LogP contribution in [0.3, 0.4) is 0 Å². The number of hydrogen-bond acceptors (Lipinski definition) is 1. The van der Waals surface area contributed by atoms with Crippen molar-refractivity contribution in [1.82, 2.24) is 0 Å². The number of benzene rings is 2. The number of rotatable bonds is 15. The molecule has 0 atom stereocenters.